The average Bonchev–Trinajstić information content (AvgIpc) is 2.41. The Balaban J connectivity index is 2.46. The van der Waals surface area contributed by atoms with Gasteiger partial charge in [-0.1, -0.05) is 6.92 Å². The highest BCUT2D eigenvalue weighted by Gasteiger charge is 2.26. The highest BCUT2D eigenvalue weighted by atomic mass is 16.5. The van der Waals surface area contributed by atoms with Crippen LogP contribution in [-0.4, -0.2) is 20.3 Å². The van der Waals surface area contributed by atoms with Crippen molar-refractivity contribution in [2.45, 2.75) is 45.6 Å². The molecule has 3 heteroatoms. The molecule has 19 heavy (non-hydrogen) atoms. The fraction of sp³-hybridized carbons (Fsp3) is 0.625. The smallest absolute Gasteiger partial charge is 0.161 e. The van der Waals surface area contributed by atoms with Crippen molar-refractivity contribution >= 4 is 0 Å². The Morgan fingerprint density at radius 2 is 1.63 bits per heavy atom. The van der Waals surface area contributed by atoms with Crippen molar-refractivity contribution in [2.24, 2.45) is 0 Å². The zero-order valence-electron chi connectivity index (χ0n) is 12.5. The quantitative estimate of drug-likeness (QED) is 0.879. The van der Waals surface area contributed by atoms with Gasteiger partial charge in [0.1, 0.15) is 0 Å². The molecule has 2 unspecified atom stereocenters. The molecule has 2 atom stereocenters. The van der Waals surface area contributed by atoms with Gasteiger partial charge in [0.15, 0.2) is 11.5 Å². The van der Waals surface area contributed by atoms with Crippen LogP contribution in [0.3, 0.4) is 0 Å². The third-order valence-electron chi connectivity index (χ3n) is 3.89. The third kappa shape index (κ3) is 2.86. The Labute approximate surface area is 116 Å². The minimum atomic E-state index is 0.432. The van der Waals surface area contributed by atoms with Crippen LogP contribution in [0.4, 0.5) is 0 Å². The largest absolute Gasteiger partial charge is 0.490 e. The Morgan fingerprint density at radius 1 is 1.05 bits per heavy atom. The highest BCUT2D eigenvalue weighted by molar-refractivity contribution is 5.50. The van der Waals surface area contributed by atoms with E-state index in [1.807, 2.05) is 20.9 Å². The molecule has 1 aliphatic carbocycles. The second kappa shape index (κ2) is 6.29. The second-order valence-electron chi connectivity index (χ2n) is 5.11. The number of nitrogens with one attached hydrogen (secondary N) is 1. The van der Waals surface area contributed by atoms with Crippen molar-refractivity contribution in [3.63, 3.8) is 0 Å². The highest BCUT2D eigenvalue weighted by Crippen LogP contribution is 2.42. The molecule has 0 bridgehead atoms. The maximum Gasteiger partial charge on any atom is 0.161 e. The lowest BCUT2D eigenvalue weighted by Crippen LogP contribution is -2.23. The summed E-state index contributed by atoms with van der Waals surface area (Å²) in [6.45, 7) is 7.64. The van der Waals surface area contributed by atoms with Crippen LogP contribution in [0.2, 0.25) is 0 Å². The number of hydrogen-bond acceptors (Lipinski definition) is 3. The maximum atomic E-state index is 5.73. The minimum Gasteiger partial charge on any atom is -0.490 e. The number of fused-ring (bicyclic) bond motifs is 1. The van der Waals surface area contributed by atoms with E-state index < -0.39 is 0 Å². The van der Waals surface area contributed by atoms with Crippen molar-refractivity contribution in [1.29, 1.82) is 0 Å². The van der Waals surface area contributed by atoms with E-state index in [1.54, 1.807) is 0 Å². The molecule has 3 nitrogen and oxygen atoms in total. The lowest BCUT2D eigenvalue weighted by atomic mass is 9.81. The van der Waals surface area contributed by atoms with E-state index in [0.717, 1.165) is 11.5 Å². The first-order chi connectivity index (χ1) is 9.21. The molecule has 1 aliphatic rings. The van der Waals surface area contributed by atoms with Crippen molar-refractivity contribution in [3.8, 4) is 11.5 Å². The standard InChI is InChI=1S/C16H25NO2/c1-5-18-15-9-12-11(3)7-8-14(17-4)13(12)10-16(15)19-6-2/h9-11,14,17H,5-8H2,1-4H3. The van der Waals surface area contributed by atoms with E-state index in [-0.39, 0.29) is 0 Å². The van der Waals surface area contributed by atoms with Crippen LogP contribution in [0.1, 0.15) is 56.7 Å². The summed E-state index contributed by atoms with van der Waals surface area (Å²) in [5, 5.41) is 3.41. The summed E-state index contributed by atoms with van der Waals surface area (Å²) in [5.41, 5.74) is 2.77. The Bertz CT molecular complexity index is 431. The van der Waals surface area contributed by atoms with Crippen LogP contribution in [0.5, 0.6) is 11.5 Å². The first-order valence-electron chi connectivity index (χ1n) is 7.31. The Morgan fingerprint density at radius 3 is 2.16 bits per heavy atom. The topological polar surface area (TPSA) is 30.5 Å². The van der Waals surface area contributed by atoms with Crippen molar-refractivity contribution in [2.75, 3.05) is 20.3 Å². The number of hydrogen-bond donors (Lipinski definition) is 1. The van der Waals surface area contributed by atoms with Gasteiger partial charge >= 0.3 is 0 Å². The predicted octanol–water partition coefficient (Wildman–Crippen LogP) is 3.64. The van der Waals surface area contributed by atoms with E-state index in [9.17, 15) is 0 Å². The van der Waals surface area contributed by atoms with E-state index in [0.29, 0.717) is 25.2 Å². The van der Waals surface area contributed by atoms with Crippen molar-refractivity contribution < 1.29 is 9.47 Å². The Hall–Kier alpha value is -1.22. The molecule has 0 saturated carbocycles. The molecule has 0 spiro atoms. The monoisotopic (exact) mass is 263 g/mol. The molecule has 2 rings (SSSR count). The van der Waals surface area contributed by atoms with Gasteiger partial charge in [0.25, 0.3) is 0 Å². The molecule has 0 aliphatic heterocycles. The summed E-state index contributed by atoms with van der Waals surface area (Å²) in [7, 11) is 2.03. The molecule has 0 radical (unpaired) electrons. The van der Waals surface area contributed by atoms with Gasteiger partial charge in [-0.05, 0) is 62.9 Å². The molecule has 1 aromatic rings. The van der Waals surface area contributed by atoms with Gasteiger partial charge < -0.3 is 14.8 Å². The van der Waals surface area contributed by atoms with E-state index in [4.69, 9.17) is 9.47 Å². The average molecular weight is 263 g/mol. The van der Waals surface area contributed by atoms with Gasteiger partial charge in [-0.15, -0.1) is 0 Å². The SMILES string of the molecule is CCOc1cc2c(cc1OCC)C(NC)CCC2C. The molecule has 0 saturated heterocycles. The molecule has 0 aromatic heterocycles. The van der Waals surface area contributed by atoms with Gasteiger partial charge in [-0.3, -0.25) is 0 Å². The van der Waals surface area contributed by atoms with Crippen LogP contribution in [0.25, 0.3) is 0 Å². The number of ether oxygens (including phenoxy) is 2. The summed E-state index contributed by atoms with van der Waals surface area (Å²) in [5.74, 6) is 2.35. The lowest BCUT2D eigenvalue weighted by molar-refractivity contribution is 0.285. The van der Waals surface area contributed by atoms with Crippen LogP contribution in [-0.2, 0) is 0 Å². The molecule has 1 N–H and O–H groups in total. The van der Waals surface area contributed by atoms with Gasteiger partial charge in [0.2, 0.25) is 0 Å². The Kier molecular flexibility index (Phi) is 4.70. The summed E-state index contributed by atoms with van der Waals surface area (Å²) >= 11 is 0. The first kappa shape index (κ1) is 14.2. The zero-order valence-corrected chi connectivity index (χ0v) is 12.5. The molecule has 106 valence electrons. The number of benzene rings is 1. The second-order valence-corrected chi connectivity index (χ2v) is 5.11. The van der Waals surface area contributed by atoms with Crippen LogP contribution in [0.15, 0.2) is 12.1 Å². The van der Waals surface area contributed by atoms with Crippen LogP contribution < -0.4 is 14.8 Å². The molecule has 0 amide bonds. The van der Waals surface area contributed by atoms with Gasteiger partial charge in [0.05, 0.1) is 13.2 Å². The molecule has 0 heterocycles. The third-order valence-corrected chi connectivity index (χ3v) is 3.89. The molecule has 0 fully saturated rings. The van der Waals surface area contributed by atoms with E-state index >= 15 is 0 Å². The summed E-state index contributed by atoms with van der Waals surface area (Å²) < 4.78 is 11.5. The van der Waals surface area contributed by atoms with Gasteiger partial charge in [-0.2, -0.15) is 0 Å². The maximum absolute atomic E-state index is 5.73. The summed E-state index contributed by atoms with van der Waals surface area (Å²) in [4.78, 5) is 0. The van der Waals surface area contributed by atoms with Crippen molar-refractivity contribution in [3.05, 3.63) is 23.3 Å². The van der Waals surface area contributed by atoms with Crippen LogP contribution >= 0.6 is 0 Å². The molecular weight excluding hydrogens is 238 g/mol. The summed E-state index contributed by atoms with van der Waals surface area (Å²) in [6, 6.07) is 4.78. The van der Waals surface area contributed by atoms with Gasteiger partial charge in [-0.25, -0.2) is 0 Å². The van der Waals surface area contributed by atoms with E-state index in [2.05, 4.69) is 24.4 Å². The van der Waals surface area contributed by atoms with Crippen molar-refractivity contribution in [1.82, 2.24) is 5.32 Å². The first-order valence-corrected chi connectivity index (χ1v) is 7.31. The molecular formula is C16H25NO2. The van der Waals surface area contributed by atoms with Gasteiger partial charge in [0, 0.05) is 6.04 Å². The normalized spacial score (nSPS) is 21.9. The lowest BCUT2D eigenvalue weighted by Gasteiger charge is -2.30. The fourth-order valence-corrected chi connectivity index (χ4v) is 2.88. The zero-order chi connectivity index (χ0) is 13.8. The number of rotatable bonds is 5. The predicted molar refractivity (Wildman–Crippen MR) is 78.2 cm³/mol. The minimum absolute atomic E-state index is 0.432. The fourth-order valence-electron chi connectivity index (χ4n) is 2.88. The molecule has 1 aromatic carbocycles. The summed E-state index contributed by atoms with van der Waals surface area (Å²) in [6.07, 6.45) is 2.41. The van der Waals surface area contributed by atoms with Crippen LogP contribution in [0, 0.1) is 0 Å². The van der Waals surface area contributed by atoms with E-state index in [1.165, 1.54) is 24.0 Å².